The fourth-order valence-electron chi connectivity index (χ4n) is 2.25. The van der Waals surface area contributed by atoms with E-state index < -0.39 is 26.4 Å². The topological polar surface area (TPSA) is 0 Å². The fourth-order valence-corrected chi connectivity index (χ4v) is 58.3. The first-order chi connectivity index (χ1) is 7.21. The van der Waals surface area contributed by atoms with Gasteiger partial charge in [-0.25, -0.2) is 0 Å². The van der Waals surface area contributed by atoms with Gasteiger partial charge in [0, 0.05) is 0 Å². The molecule has 0 N–H and O–H groups in total. The number of hydrogen-bond acceptors (Lipinski definition) is 0. The van der Waals surface area contributed by atoms with E-state index >= 15 is 0 Å². The van der Waals surface area contributed by atoms with Crippen molar-refractivity contribution >= 4 is 26.4 Å². The Morgan fingerprint density at radius 2 is 1.25 bits per heavy atom. The number of rotatable bonds is 4. The van der Waals surface area contributed by atoms with Crippen molar-refractivity contribution in [1.82, 2.24) is 0 Å². The quantitative estimate of drug-likeness (QED) is 0.734. The molecule has 0 aliphatic carbocycles. The molecule has 0 bridgehead atoms. The van der Waals surface area contributed by atoms with Crippen LogP contribution in [-0.4, -0.2) is 26.4 Å². The van der Waals surface area contributed by atoms with E-state index in [1.807, 2.05) is 0 Å². The van der Waals surface area contributed by atoms with Crippen LogP contribution >= 0.6 is 0 Å². The third-order valence-corrected chi connectivity index (χ3v) is 50.4. The third kappa shape index (κ3) is 4.23. The number of benzene rings is 1. The van der Waals surface area contributed by atoms with E-state index in [9.17, 15) is 0 Å². The normalized spacial score (nSPS) is 13.2. The maximum absolute atomic E-state index is 2.59. The Bertz CT molecular complexity index is 308. The van der Waals surface area contributed by atoms with Gasteiger partial charge in [-0.05, 0) is 0 Å². The molecule has 16 heavy (non-hydrogen) atoms. The van der Waals surface area contributed by atoms with Gasteiger partial charge in [-0.3, -0.25) is 0 Å². The van der Waals surface area contributed by atoms with Crippen molar-refractivity contribution in [3.8, 4) is 0 Å². The van der Waals surface area contributed by atoms with Gasteiger partial charge in [-0.1, -0.05) is 0 Å². The summed E-state index contributed by atoms with van der Waals surface area (Å²) in [4.78, 5) is 0. The second-order valence-corrected chi connectivity index (χ2v) is 42.4. The van der Waals surface area contributed by atoms with Crippen molar-refractivity contribution in [3.05, 3.63) is 35.9 Å². The maximum atomic E-state index is 2.59. The molecule has 3 heteroatoms. The van der Waals surface area contributed by atoms with E-state index in [4.69, 9.17) is 0 Å². The predicted molar refractivity (Wildman–Crippen MR) is 82.6 cm³/mol. The number of hydrogen-bond donors (Lipinski definition) is 0. The van der Waals surface area contributed by atoms with Crippen LogP contribution in [0.5, 0.6) is 0 Å². The molecule has 0 radical (unpaired) electrons. The van der Waals surface area contributed by atoms with Gasteiger partial charge < -0.3 is 0 Å². The molecular weight excluding hydrogens is 287 g/mol. The molecule has 1 aromatic rings. The average molecular weight is 312 g/mol. The molecule has 0 saturated carbocycles. The zero-order valence-corrected chi connectivity index (χ0v) is 15.4. The summed E-state index contributed by atoms with van der Waals surface area (Å²) in [6.07, 6.45) is 0. The molecule has 0 amide bonds. The summed E-state index contributed by atoms with van der Waals surface area (Å²) < 4.78 is 0. The Balaban J connectivity index is 2.89. The Hall–Kier alpha value is 0.212. The van der Waals surface area contributed by atoms with Crippen molar-refractivity contribution in [3.63, 3.8) is 0 Å². The van der Waals surface area contributed by atoms with Crippen LogP contribution < -0.4 is 0 Å². The molecule has 0 unspecified atom stereocenters. The van der Waals surface area contributed by atoms with Crippen molar-refractivity contribution in [2.24, 2.45) is 0 Å². The van der Waals surface area contributed by atoms with Crippen LogP contribution in [-0.2, 0) is 5.21 Å². The van der Waals surface area contributed by atoms with Crippen molar-refractivity contribution < 1.29 is 0 Å². The summed E-state index contributed by atoms with van der Waals surface area (Å²) in [5, 5.41) is 1.44. The Kier molecular flexibility index (Phi) is 4.68. The van der Waals surface area contributed by atoms with Crippen molar-refractivity contribution in [2.75, 3.05) is 0 Å². The summed E-state index contributed by atoms with van der Waals surface area (Å²) in [7, 11) is 0. The molecule has 90 valence electrons. The van der Waals surface area contributed by atoms with Crippen LogP contribution in [0.25, 0.3) is 0 Å². The molecule has 0 heterocycles. The SMILES string of the molecule is C[Si](C)(C)[As](Cc1ccccc1)[Si](C)(C)C. The summed E-state index contributed by atoms with van der Waals surface area (Å²) in [6, 6.07) is 11.2. The molecule has 0 aliphatic heterocycles. The minimum absolute atomic E-state index is 0.636. The van der Waals surface area contributed by atoms with Gasteiger partial charge >= 0.3 is 107 Å². The zero-order valence-electron chi connectivity index (χ0n) is 11.5. The van der Waals surface area contributed by atoms with E-state index in [0.29, 0.717) is 0 Å². The second-order valence-electron chi connectivity index (χ2n) is 6.41. The molecular formula is C13H25AsSi2. The summed E-state index contributed by atoms with van der Waals surface area (Å²) in [5.41, 5.74) is 1.59. The monoisotopic (exact) mass is 312 g/mol. The molecule has 0 spiro atoms. The molecule has 0 aromatic heterocycles. The van der Waals surface area contributed by atoms with E-state index in [-0.39, 0.29) is 0 Å². The summed E-state index contributed by atoms with van der Waals surface area (Å²) in [6.45, 7) is 13.8. The molecule has 0 fully saturated rings. The predicted octanol–water partition coefficient (Wildman–Crippen LogP) is 4.10. The van der Waals surface area contributed by atoms with Crippen LogP contribution in [0.4, 0.5) is 0 Å². The van der Waals surface area contributed by atoms with E-state index in [2.05, 4.69) is 69.6 Å². The third-order valence-electron chi connectivity index (χ3n) is 2.80. The second kappa shape index (κ2) is 5.24. The van der Waals surface area contributed by atoms with Crippen LogP contribution in [0, 0.1) is 0 Å². The van der Waals surface area contributed by atoms with Gasteiger partial charge in [0.25, 0.3) is 0 Å². The Morgan fingerprint density at radius 3 is 1.62 bits per heavy atom. The summed E-state index contributed by atoms with van der Waals surface area (Å²) in [5.74, 6) is 0. The minimum atomic E-state index is -0.897. The van der Waals surface area contributed by atoms with Crippen LogP contribution in [0.1, 0.15) is 5.56 Å². The average Bonchev–Trinajstić information content (AvgIpc) is 2.12. The van der Waals surface area contributed by atoms with E-state index in [1.54, 1.807) is 5.56 Å². The van der Waals surface area contributed by atoms with Crippen molar-refractivity contribution in [2.45, 2.75) is 44.5 Å². The molecule has 0 atom stereocenters. The first-order valence-electron chi connectivity index (χ1n) is 6.03. The fraction of sp³-hybridized carbons (Fsp3) is 0.538. The van der Waals surface area contributed by atoms with Crippen LogP contribution in [0.15, 0.2) is 30.3 Å². The standard InChI is InChI=1S/C13H25AsSi2/c1-15(2,3)14(16(4,5)6)12-13-10-8-7-9-11-13/h7-11H,12H2,1-6H3. The van der Waals surface area contributed by atoms with Gasteiger partial charge in [0.05, 0.1) is 0 Å². The molecule has 1 rings (SSSR count). The van der Waals surface area contributed by atoms with Gasteiger partial charge in [0.2, 0.25) is 0 Å². The van der Waals surface area contributed by atoms with Crippen molar-refractivity contribution in [1.29, 1.82) is 0 Å². The first-order valence-corrected chi connectivity index (χ1v) is 19.9. The van der Waals surface area contributed by atoms with Gasteiger partial charge in [0.1, 0.15) is 0 Å². The zero-order chi connectivity index (χ0) is 12.4. The first kappa shape index (κ1) is 14.3. The van der Waals surface area contributed by atoms with Crippen LogP contribution in [0.2, 0.25) is 39.3 Å². The molecule has 0 saturated heterocycles. The van der Waals surface area contributed by atoms with E-state index in [0.717, 1.165) is 0 Å². The van der Waals surface area contributed by atoms with Gasteiger partial charge in [-0.2, -0.15) is 0 Å². The van der Waals surface area contributed by atoms with Gasteiger partial charge in [-0.15, -0.1) is 0 Å². The molecule has 0 nitrogen and oxygen atoms in total. The van der Waals surface area contributed by atoms with E-state index in [1.165, 1.54) is 5.21 Å². The molecule has 0 aliphatic rings. The summed E-state index contributed by atoms with van der Waals surface area (Å²) >= 11 is -0.636. The Labute approximate surface area is 107 Å². The van der Waals surface area contributed by atoms with Gasteiger partial charge in [0.15, 0.2) is 0 Å². The molecule has 1 aromatic carbocycles. The van der Waals surface area contributed by atoms with Crippen LogP contribution in [0.3, 0.4) is 0 Å². The Morgan fingerprint density at radius 1 is 0.812 bits per heavy atom.